The molecule has 0 saturated carbocycles. The van der Waals surface area contributed by atoms with E-state index < -0.39 is 0 Å². The molecule has 1 aliphatic rings. The minimum atomic E-state index is 0.837. The zero-order valence-corrected chi connectivity index (χ0v) is 13.3. The molecule has 116 valence electrons. The maximum atomic E-state index is 4.33. The highest BCUT2D eigenvalue weighted by Gasteiger charge is 2.18. The van der Waals surface area contributed by atoms with Crippen LogP contribution in [0.2, 0.25) is 0 Å². The molecule has 5 nitrogen and oxygen atoms in total. The van der Waals surface area contributed by atoms with Crippen molar-refractivity contribution in [2.45, 2.75) is 6.54 Å². The van der Waals surface area contributed by atoms with Crippen LogP contribution < -0.4 is 9.80 Å². The van der Waals surface area contributed by atoms with Crippen LogP contribution in [0.5, 0.6) is 0 Å². The molecule has 22 heavy (non-hydrogen) atoms. The molecule has 3 rings (SSSR count). The van der Waals surface area contributed by atoms with Crippen LogP contribution >= 0.6 is 0 Å². The molecular weight excluding hydrogens is 274 g/mol. The molecule has 5 heteroatoms. The SMILES string of the molecule is CN(C)Cc1ccc(N2CCN(c3ncccn3)CC2)cc1. The number of hydrogen-bond acceptors (Lipinski definition) is 5. The second kappa shape index (κ2) is 6.75. The van der Waals surface area contributed by atoms with Crippen LogP contribution in [0.3, 0.4) is 0 Å². The van der Waals surface area contributed by atoms with Gasteiger partial charge < -0.3 is 14.7 Å². The Bertz CT molecular complexity index is 574. The second-order valence-electron chi connectivity index (χ2n) is 5.93. The molecule has 0 N–H and O–H groups in total. The van der Waals surface area contributed by atoms with Crippen LogP contribution in [0.25, 0.3) is 0 Å². The number of anilines is 2. The van der Waals surface area contributed by atoms with Crippen LogP contribution in [0.1, 0.15) is 5.56 Å². The van der Waals surface area contributed by atoms with Crippen molar-refractivity contribution >= 4 is 11.6 Å². The summed E-state index contributed by atoms with van der Waals surface area (Å²) in [7, 11) is 4.19. The zero-order chi connectivity index (χ0) is 15.4. The summed E-state index contributed by atoms with van der Waals surface area (Å²) in [6.07, 6.45) is 3.61. The molecule has 1 saturated heterocycles. The van der Waals surface area contributed by atoms with Gasteiger partial charge in [-0.25, -0.2) is 9.97 Å². The molecule has 0 aliphatic carbocycles. The number of hydrogen-bond donors (Lipinski definition) is 0. The Hall–Kier alpha value is -2.14. The minimum absolute atomic E-state index is 0.837. The van der Waals surface area contributed by atoms with E-state index in [9.17, 15) is 0 Å². The summed E-state index contributed by atoms with van der Waals surface area (Å²) in [5, 5.41) is 0. The Morgan fingerprint density at radius 2 is 1.50 bits per heavy atom. The summed E-state index contributed by atoms with van der Waals surface area (Å²) in [6, 6.07) is 10.8. The lowest BCUT2D eigenvalue weighted by molar-refractivity contribution is 0.402. The van der Waals surface area contributed by atoms with Gasteiger partial charge in [-0.1, -0.05) is 12.1 Å². The summed E-state index contributed by atoms with van der Waals surface area (Å²) in [6.45, 7) is 4.92. The van der Waals surface area contributed by atoms with Gasteiger partial charge in [0.15, 0.2) is 0 Å². The van der Waals surface area contributed by atoms with Crippen molar-refractivity contribution in [3.8, 4) is 0 Å². The second-order valence-corrected chi connectivity index (χ2v) is 5.93. The van der Waals surface area contributed by atoms with Crippen molar-refractivity contribution in [1.29, 1.82) is 0 Å². The topological polar surface area (TPSA) is 35.5 Å². The molecule has 1 aromatic heterocycles. The van der Waals surface area contributed by atoms with Crippen molar-refractivity contribution in [2.24, 2.45) is 0 Å². The number of nitrogens with zero attached hydrogens (tertiary/aromatic N) is 5. The lowest BCUT2D eigenvalue weighted by atomic mass is 10.1. The van der Waals surface area contributed by atoms with Crippen molar-refractivity contribution in [3.05, 3.63) is 48.3 Å². The van der Waals surface area contributed by atoms with E-state index >= 15 is 0 Å². The van der Waals surface area contributed by atoms with Gasteiger partial charge in [-0.05, 0) is 37.9 Å². The molecular formula is C17H23N5. The minimum Gasteiger partial charge on any atom is -0.368 e. The Kier molecular flexibility index (Phi) is 4.53. The molecule has 0 atom stereocenters. The quantitative estimate of drug-likeness (QED) is 0.861. The van der Waals surface area contributed by atoms with Crippen molar-refractivity contribution < 1.29 is 0 Å². The standard InChI is InChI=1S/C17H23N5/c1-20(2)14-15-4-6-16(7-5-15)21-10-12-22(13-11-21)17-18-8-3-9-19-17/h3-9H,10-14H2,1-2H3. The van der Waals surface area contributed by atoms with E-state index in [1.165, 1.54) is 11.3 Å². The normalized spacial score (nSPS) is 15.4. The fraction of sp³-hybridized carbons (Fsp3) is 0.412. The first-order valence-corrected chi connectivity index (χ1v) is 7.73. The van der Waals surface area contributed by atoms with E-state index in [0.717, 1.165) is 38.7 Å². The van der Waals surface area contributed by atoms with E-state index in [-0.39, 0.29) is 0 Å². The molecule has 1 fully saturated rings. The van der Waals surface area contributed by atoms with Gasteiger partial charge in [0.25, 0.3) is 0 Å². The van der Waals surface area contributed by atoms with Crippen molar-refractivity contribution in [1.82, 2.24) is 14.9 Å². The Balaban J connectivity index is 1.59. The summed E-state index contributed by atoms with van der Waals surface area (Å²) < 4.78 is 0. The van der Waals surface area contributed by atoms with Gasteiger partial charge in [-0.3, -0.25) is 0 Å². The number of piperazine rings is 1. The summed E-state index contributed by atoms with van der Waals surface area (Å²) in [5.74, 6) is 0.837. The molecule has 0 amide bonds. The smallest absolute Gasteiger partial charge is 0.225 e. The fourth-order valence-corrected chi connectivity index (χ4v) is 2.80. The predicted molar refractivity (Wildman–Crippen MR) is 90.3 cm³/mol. The van der Waals surface area contributed by atoms with Gasteiger partial charge in [0.1, 0.15) is 0 Å². The van der Waals surface area contributed by atoms with Crippen molar-refractivity contribution in [2.75, 3.05) is 50.1 Å². The van der Waals surface area contributed by atoms with E-state index in [2.05, 4.69) is 63.0 Å². The molecule has 2 heterocycles. The van der Waals surface area contributed by atoms with Crippen molar-refractivity contribution in [3.63, 3.8) is 0 Å². The molecule has 2 aromatic rings. The zero-order valence-electron chi connectivity index (χ0n) is 13.3. The highest BCUT2D eigenvalue weighted by molar-refractivity contribution is 5.49. The third-order valence-electron chi connectivity index (χ3n) is 3.91. The van der Waals surface area contributed by atoms with Crippen LogP contribution in [0.15, 0.2) is 42.7 Å². The average molecular weight is 297 g/mol. The third-order valence-corrected chi connectivity index (χ3v) is 3.91. The van der Waals surface area contributed by atoms with Gasteiger partial charge in [0.05, 0.1) is 0 Å². The molecule has 0 unspecified atom stereocenters. The van der Waals surface area contributed by atoms with Gasteiger partial charge in [-0.15, -0.1) is 0 Å². The first kappa shape index (κ1) is 14.8. The van der Waals surface area contributed by atoms with Crippen LogP contribution in [-0.4, -0.2) is 55.1 Å². The van der Waals surface area contributed by atoms with E-state index in [0.29, 0.717) is 0 Å². The maximum Gasteiger partial charge on any atom is 0.225 e. The molecule has 0 radical (unpaired) electrons. The number of benzene rings is 1. The number of rotatable bonds is 4. The highest BCUT2D eigenvalue weighted by atomic mass is 15.3. The highest BCUT2D eigenvalue weighted by Crippen LogP contribution is 2.19. The largest absolute Gasteiger partial charge is 0.368 e. The third kappa shape index (κ3) is 3.54. The van der Waals surface area contributed by atoms with Crippen LogP contribution in [0, 0.1) is 0 Å². The summed E-state index contributed by atoms with van der Waals surface area (Å²) in [4.78, 5) is 15.5. The fourth-order valence-electron chi connectivity index (χ4n) is 2.80. The monoisotopic (exact) mass is 297 g/mol. The molecule has 1 aliphatic heterocycles. The first-order valence-electron chi connectivity index (χ1n) is 7.73. The van der Waals surface area contributed by atoms with Crippen LogP contribution in [-0.2, 0) is 6.54 Å². The average Bonchev–Trinajstić information content (AvgIpc) is 2.56. The van der Waals surface area contributed by atoms with Gasteiger partial charge in [0, 0.05) is 50.8 Å². The van der Waals surface area contributed by atoms with E-state index in [1.807, 2.05) is 6.07 Å². The Labute approximate surface area is 132 Å². The lowest BCUT2D eigenvalue weighted by Crippen LogP contribution is -2.47. The van der Waals surface area contributed by atoms with Gasteiger partial charge >= 0.3 is 0 Å². The predicted octanol–water partition coefficient (Wildman–Crippen LogP) is 1.86. The maximum absolute atomic E-state index is 4.33. The molecule has 1 aromatic carbocycles. The van der Waals surface area contributed by atoms with E-state index in [1.54, 1.807) is 12.4 Å². The Morgan fingerprint density at radius 1 is 0.909 bits per heavy atom. The summed E-state index contributed by atoms with van der Waals surface area (Å²) >= 11 is 0. The molecule has 0 bridgehead atoms. The first-order chi connectivity index (χ1) is 10.7. The van der Waals surface area contributed by atoms with Gasteiger partial charge in [-0.2, -0.15) is 0 Å². The number of aromatic nitrogens is 2. The molecule has 0 spiro atoms. The summed E-state index contributed by atoms with van der Waals surface area (Å²) in [5.41, 5.74) is 2.65. The van der Waals surface area contributed by atoms with E-state index in [4.69, 9.17) is 0 Å². The van der Waals surface area contributed by atoms with Gasteiger partial charge in [0.2, 0.25) is 5.95 Å². The van der Waals surface area contributed by atoms with Crippen LogP contribution in [0.4, 0.5) is 11.6 Å². The Morgan fingerprint density at radius 3 is 2.09 bits per heavy atom. The lowest BCUT2D eigenvalue weighted by Gasteiger charge is -2.36.